The molecule has 1 aliphatic rings. The molecule has 0 atom stereocenters. The van der Waals surface area contributed by atoms with Crippen LogP contribution in [0.3, 0.4) is 0 Å². The maximum Gasteiger partial charge on any atom is 0.173 e. The van der Waals surface area contributed by atoms with Gasteiger partial charge < -0.3 is 0 Å². The minimum atomic E-state index is -0.250. The van der Waals surface area contributed by atoms with E-state index in [0.717, 1.165) is 43.1 Å². The van der Waals surface area contributed by atoms with Crippen LogP contribution >= 0.6 is 0 Å². The van der Waals surface area contributed by atoms with E-state index in [1.807, 2.05) is 12.1 Å². The van der Waals surface area contributed by atoms with E-state index in [2.05, 4.69) is 13.8 Å². The van der Waals surface area contributed by atoms with Crippen LogP contribution in [0.25, 0.3) is 0 Å². The minimum Gasteiger partial charge on any atom is -0.298 e. The molecule has 0 radical (unpaired) electrons. The van der Waals surface area contributed by atoms with Crippen LogP contribution < -0.4 is 0 Å². The largest absolute Gasteiger partial charge is 0.298 e. The Labute approximate surface area is 102 Å². The van der Waals surface area contributed by atoms with Crippen LogP contribution in [-0.4, -0.2) is 12.1 Å². The zero-order valence-electron chi connectivity index (χ0n) is 10.5. The Morgan fingerprint density at radius 1 is 1.18 bits per heavy atom. The van der Waals surface area contributed by atoms with Crippen molar-refractivity contribution in [3.63, 3.8) is 0 Å². The molecule has 2 rings (SSSR count). The quantitative estimate of drug-likeness (QED) is 0.725. The van der Waals surface area contributed by atoms with Gasteiger partial charge in [0.05, 0.1) is 5.41 Å². The first-order chi connectivity index (χ1) is 8.19. The summed E-state index contributed by atoms with van der Waals surface area (Å²) in [4.78, 5) is 23.0. The van der Waals surface area contributed by atoms with E-state index in [0.29, 0.717) is 5.56 Å². The van der Waals surface area contributed by atoms with Gasteiger partial charge >= 0.3 is 0 Å². The van der Waals surface area contributed by atoms with Gasteiger partial charge in [-0.25, -0.2) is 0 Å². The van der Waals surface area contributed by atoms with Crippen LogP contribution in [0.4, 0.5) is 0 Å². The van der Waals surface area contributed by atoms with E-state index in [1.54, 1.807) is 6.07 Å². The predicted molar refractivity (Wildman–Crippen MR) is 67.7 cm³/mol. The highest BCUT2D eigenvalue weighted by molar-refractivity contribution is 6.14. The number of Topliss-reactive ketones (excluding diaryl/α,β-unsaturated/α-hetero) is 1. The molecule has 0 amide bonds. The number of aldehydes is 1. The van der Waals surface area contributed by atoms with Crippen molar-refractivity contribution in [3.8, 4) is 0 Å². The first-order valence-corrected chi connectivity index (χ1v) is 6.34. The van der Waals surface area contributed by atoms with Crippen molar-refractivity contribution in [2.75, 3.05) is 0 Å². The minimum absolute atomic E-state index is 0.236. The SMILES string of the molecule is CCCC1(CCC)C(=O)c2cc(C=O)ccc21. The van der Waals surface area contributed by atoms with E-state index in [9.17, 15) is 9.59 Å². The summed E-state index contributed by atoms with van der Waals surface area (Å²) in [6.07, 6.45) is 4.68. The molecule has 1 aromatic rings. The molecular formula is C15H18O2. The molecule has 2 heteroatoms. The van der Waals surface area contributed by atoms with E-state index in [1.165, 1.54) is 0 Å². The molecule has 0 spiro atoms. The van der Waals surface area contributed by atoms with E-state index >= 15 is 0 Å². The fourth-order valence-corrected chi connectivity index (χ4v) is 3.03. The summed E-state index contributed by atoms with van der Waals surface area (Å²) in [6, 6.07) is 5.51. The van der Waals surface area contributed by atoms with Crippen LogP contribution in [-0.2, 0) is 5.41 Å². The molecule has 0 aliphatic heterocycles. The van der Waals surface area contributed by atoms with Crippen LogP contribution in [0, 0.1) is 0 Å². The second kappa shape index (κ2) is 4.44. The molecular weight excluding hydrogens is 212 g/mol. The highest BCUT2D eigenvalue weighted by Crippen LogP contribution is 2.47. The summed E-state index contributed by atoms with van der Waals surface area (Å²) in [5, 5.41) is 0. The molecule has 2 nitrogen and oxygen atoms in total. The molecule has 0 saturated carbocycles. The topological polar surface area (TPSA) is 34.1 Å². The summed E-state index contributed by atoms with van der Waals surface area (Å²) >= 11 is 0. The lowest BCUT2D eigenvalue weighted by Crippen LogP contribution is -2.46. The molecule has 0 unspecified atom stereocenters. The van der Waals surface area contributed by atoms with Gasteiger partial charge in [-0.15, -0.1) is 0 Å². The van der Waals surface area contributed by atoms with Crippen LogP contribution in [0.1, 0.15) is 65.8 Å². The lowest BCUT2D eigenvalue weighted by atomic mass is 9.58. The van der Waals surface area contributed by atoms with Crippen molar-refractivity contribution in [1.82, 2.24) is 0 Å². The highest BCUT2D eigenvalue weighted by atomic mass is 16.1. The predicted octanol–water partition coefficient (Wildman–Crippen LogP) is 3.53. The van der Waals surface area contributed by atoms with Gasteiger partial charge in [0.1, 0.15) is 6.29 Å². The normalized spacial score (nSPS) is 16.2. The number of ketones is 1. The lowest BCUT2D eigenvalue weighted by Gasteiger charge is -2.42. The van der Waals surface area contributed by atoms with E-state index in [4.69, 9.17) is 0 Å². The summed E-state index contributed by atoms with van der Waals surface area (Å²) in [6.45, 7) is 4.23. The number of carbonyl (C=O) groups excluding carboxylic acids is 2. The average Bonchev–Trinajstić information content (AvgIpc) is 2.37. The van der Waals surface area contributed by atoms with Gasteiger partial charge in [0.2, 0.25) is 0 Å². The zero-order valence-corrected chi connectivity index (χ0v) is 10.5. The molecule has 0 fully saturated rings. The van der Waals surface area contributed by atoms with Gasteiger partial charge in [-0.05, 0) is 24.5 Å². The fraction of sp³-hybridized carbons (Fsp3) is 0.467. The fourth-order valence-electron chi connectivity index (χ4n) is 3.03. The third kappa shape index (κ3) is 1.63. The number of hydrogen-bond donors (Lipinski definition) is 0. The Morgan fingerprint density at radius 2 is 1.82 bits per heavy atom. The number of hydrogen-bond acceptors (Lipinski definition) is 2. The Balaban J connectivity index is 2.44. The van der Waals surface area contributed by atoms with E-state index < -0.39 is 0 Å². The monoisotopic (exact) mass is 230 g/mol. The summed E-state index contributed by atoms with van der Waals surface area (Å²) < 4.78 is 0. The second-order valence-electron chi connectivity index (χ2n) is 4.83. The third-order valence-electron chi connectivity index (χ3n) is 3.73. The molecule has 0 N–H and O–H groups in total. The van der Waals surface area contributed by atoms with Crippen molar-refractivity contribution in [1.29, 1.82) is 0 Å². The van der Waals surface area contributed by atoms with E-state index in [-0.39, 0.29) is 11.2 Å². The standard InChI is InChI=1S/C15H18O2/c1-3-7-15(8-4-2)13-6-5-11(10-16)9-12(13)14(15)17/h5-6,9-10H,3-4,7-8H2,1-2H3. The van der Waals surface area contributed by atoms with Gasteiger partial charge in [0.15, 0.2) is 5.78 Å². The zero-order chi connectivity index (χ0) is 12.5. The number of fused-ring (bicyclic) bond motifs is 1. The Morgan fingerprint density at radius 3 is 2.35 bits per heavy atom. The first kappa shape index (κ1) is 12.0. The average molecular weight is 230 g/mol. The summed E-state index contributed by atoms with van der Waals surface area (Å²) in [7, 11) is 0. The Bertz CT molecular complexity index is 454. The number of carbonyl (C=O) groups is 2. The molecule has 90 valence electrons. The van der Waals surface area contributed by atoms with Gasteiger partial charge in [0.25, 0.3) is 0 Å². The molecule has 1 aromatic carbocycles. The Kier molecular flexibility index (Phi) is 3.14. The van der Waals surface area contributed by atoms with Crippen molar-refractivity contribution in [2.24, 2.45) is 0 Å². The second-order valence-corrected chi connectivity index (χ2v) is 4.83. The maximum atomic E-state index is 12.3. The Hall–Kier alpha value is -1.44. The van der Waals surface area contributed by atoms with Crippen LogP contribution in [0.15, 0.2) is 18.2 Å². The van der Waals surface area contributed by atoms with Gasteiger partial charge in [-0.1, -0.05) is 38.8 Å². The van der Waals surface area contributed by atoms with Crippen LogP contribution in [0.2, 0.25) is 0 Å². The molecule has 0 heterocycles. The number of benzene rings is 1. The molecule has 0 saturated heterocycles. The number of rotatable bonds is 5. The first-order valence-electron chi connectivity index (χ1n) is 6.34. The molecule has 0 aromatic heterocycles. The smallest absolute Gasteiger partial charge is 0.173 e. The third-order valence-corrected chi connectivity index (χ3v) is 3.73. The molecule has 17 heavy (non-hydrogen) atoms. The summed E-state index contributed by atoms with van der Waals surface area (Å²) in [5.74, 6) is 0.236. The van der Waals surface area contributed by atoms with Crippen molar-refractivity contribution in [2.45, 2.75) is 44.9 Å². The van der Waals surface area contributed by atoms with Crippen molar-refractivity contribution in [3.05, 3.63) is 34.9 Å². The van der Waals surface area contributed by atoms with Gasteiger partial charge in [-0.2, -0.15) is 0 Å². The van der Waals surface area contributed by atoms with Gasteiger partial charge in [-0.3, -0.25) is 9.59 Å². The highest BCUT2D eigenvalue weighted by Gasteiger charge is 2.49. The maximum absolute atomic E-state index is 12.3. The van der Waals surface area contributed by atoms with Crippen LogP contribution in [0.5, 0.6) is 0 Å². The van der Waals surface area contributed by atoms with Crippen molar-refractivity contribution >= 4 is 12.1 Å². The molecule has 0 bridgehead atoms. The molecule has 1 aliphatic carbocycles. The van der Waals surface area contributed by atoms with Crippen molar-refractivity contribution < 1.29 is 9.59 Å². The summed E-state index contributed by atoms with van der Waals surface area (Å²) in [5.41, 5.74) is 2.26. The van der Waals surface area contributed by atoms with Gasteiger partial charge in [0, 0.05) is 11.1 Å². The lowest BCUT2D eigenvalue weighted by molar-refractivity contribution is 0.0807.